The summed E-state index contributed by atoms with van der Waals surface area (Å²) in [6.45, 7) is 8.03. The minimum atomic E-state index is -3.72. The largest absolute Gasteiger partial charge is 0.392 e. The highest BCUT2D eigenvalue weighted by Gasteiger charge is 2.37. The first-order valence-corrected chi connectivity index (χ1v) is 21.3. The van der Waals surface area contributed by atoms with Gasteiger partial charge in [-0.3, -0.25) is 9.59 Å². The lowest BCUT2D eigenvalue weighted by atomic mass is 9.83. The molecule has 0 spiro atoms. The van der Waals surface area contributed by atoms with Crippen LogP contribution >= 0.6 is 0 Å². The van der Waals surface area contributed by atoms with Crippen LogP contribution in [0.15, 0.2) is 42.9 Å². The molecule has 1 unspecified atom stereocenters. The Bertz CT molecular complexity index is 1570. The second-order valence-electron chi connectivity index (χ2n) is 15.5. The molecule has 1 saturated carbocycles. The normalized spacial score (nSPS) is 17.7. The van der Waals surface area contributed by atoms with Gasteiger partial charge in [-0.05, 0) is 51.0 Å². The molecule has 0 bridgehead atoms. The van der Waals surface area contributed by atoms with Gasteiger partial charge in [-0.2, -0.15) is 0 Å². The number of amides is 2. The molecule has 0 aliphatic heterocycles. The minimum Gasteiger partial charge on any atom is -0.392 e. The molecule has 288 valence electrons. The molecule has 51 heavy (non-hydrogen) atoms. The maximum Gasteiger partial charge on any atom is 0.243 e. The number of sulfonamides is 1. The maximum absolute atomic E-state index is 14.1. The Kier molecular flexibility index (Phi) is 16.1. The van der Waals surface area contributed by atoms with Crippen molar-refractivity contribution in [2.45, 2.75) is 121 Å². The number of imidazole rings is 1. The molecule has 1 heterocycles. The molecule has 0 radical (unpaired) electrons. The predicted molar refractivity (Wildman–Crippen MR) is 198 cm³/mol. The van der Waals surface area contributed by atoms with Crippen molar-refractivity contribution >= 4 is 31.7 Å². The fourth-order valence-corrected chi connectivity index (χ4v) is 9.12. The second-order valence-corrected chi connectivity index (χ2v) is 20.1. The van der Waals surface area contributed by atoms with Crippen LogP contribution in [0.3, 0.4) is 0 Å². The highest BCUT2D eigenvalue weighted by molar-refractivity contribution is 7.92. The quantitative estimate of drug-likeness (QED) is 0.117. The molecule has 5 atom stereocenters. The van der Waals surface area contributed by atoms with Crippen LogP contribution in [-0.4, -0.2) is 95.9 Å². The number of nitrogens with one attached hydrogen (secondary N) is 4. The number of carbonyl (C=O) groups is 2. The summed E-state index contributed by atoms with van der Waals surface area (Å²) in [5.41, 5.74) is 1.34. The first-order chi connectivity index (χ1) is 23.8. The van der Waals surface area contributed by atoms with Gasteiger partial charge in [0.05, 0.1) is 46.7 Å². The van der Waals surface area contributed by atoms with E-state index in [1.54, 1.807) is 34.6 Å². The molecule has 1 fully saturated rings. The van der Waals surface area contributed by atoms with Gasteiger partial charge in [0, 0.05) is 31.3 Å². The van der Waals surface area contributed by atoms with E-state index in [1.807, 2.05) is 30.3 Å². The Labute approximate surface area is 304 Å². The van der Waals surface area contributed by atoms with Crippen molar-refractivity contribution in [3.63, 3.8) is 0 Å². The first-order valence-electron chi connectivity index (χ1n) is 18.0. The van der Waals surface area contributed by atoms with Crippen molar-refractivity contribution < 1.29 is 36.6 Å². The van der Waals surface area contributed by atoms with Gasteiger partial charge in [0.25, 0.3) is 0 Å². The van der Waals surface area contributed by atoms with E-state index < -0.39 is 72.4 Å². The van der Waals surface area contributed by atoms with Crippen molar-refractivity contribution in [2.75, 3.05) is 18.1 Å². The fourth-order valence-electron chi connectivity index (χ4n) is 6.38. The number of nitrogens with zero attached hydrogens (tertiary/aromatic N) is 1. The van der Waals surface area contributed by atoms with E-state index in [4.69, 9.17) is 0 Å². The molecule has 2 amide bonds. The number of H-pyrrole nitrogens is 1. The first kappa shape index (κ1) is 42.6. The van der Waals surface area contributed by atoms with Crippen molar-refractivity contribution in [3.8, 4) is 0 Å². The highest BCUT2D eigenvalue weighted by atomic mass is 32.2. The number of aromatic nitrogens is 2. The fraction of sp³-hybridized carbons (Fsp3) is 0.694. The predicted octanol–water partition coefficient (Wildman–Crippen LogP) is 2.65. The van der Waals surface area contributed by atoms with E-state index in [1.165, 1.54) is 12.5 Å². The molecule has 15 heteroatoms. The lowest BCUT2D eigenvalue weighted by Crippen LogP contribution is -2.55. The Morgan fingerprint density at radius 1 is 0.941 bits per heavy atom. The van der Waals surface area contributed by atoms with Crippen LogP contribution in [-0.2, 0) is 42.3 Å². The smallest absolute Gasteiger partial charge is 0.243 e. The van der Waals surface area contributed by atoms with Gasteiger partial charge in [-0.1, -0.05) is 76.3 Å². The average molecular weight is 754 g/mol. The number of aliphatic hydroxyl groups excluding tert-OH is 2. The second kappa shape index (κ2) is 19.3. The van der Waals surface area contributed by atoms with Crippen LogP contribution in [0.5, 0.6) is 0 Å². The van der Waals surface area contributed by atoms with Gasteiger partial charge >= 0.3 is 0 Å². The summed E-state index contributed by atoms with van der Waals surface area (Å²) >= 11 is 0. The van der Waals surface area contributed by atoms with E-state index in [9.17, 15) is 36.6 Å². The third-order valence-electron chi connectivity index (χ3n) is 9.37. The number of benzene rings is 1. The number of aromatic amines is 1. The summed E-state index contributed by atoms with van der Waals surface area (Å²) in [4.78, 5) is 35.1. The highest BCUT2D eigenvalue weighted by Crippen LogP contribution is 2.29. The van der Waals surface area contributed by atoms with E-state index in [-0.39, 0.29) is 43.4 Å². The molecule has 1 aliphatic carbocycles. The molecule has 1 aromatic carbocycles. The van der Waals surface area contributed by atoms with Crippen molar-refractivity contribution in [1.29, 1.82) is 0 Å². The molecule has 13 nitrogen and oxygen atoms in total. The van der Waals surface area contributed by atoms with Crippen LogP contribution < -0.4 is 15.4 Å². The Hall–Kier alpha value is -2.85. The number of aliphatic hydroxyl groups is 2. The van der Waals surface area contributed by atoms with E-state index in [0.29, 0.717) is 12.1 Å². The van der Waals surface area contributed by atoms with Gasteiger partial charge in [-0.15, -0.1) is 0 Å². The van der Waals surface area contributed by atoms with Crippen LogP contribution in [0, 0.1) is 17.8 Å². The average Bonchev–Trinajstić information content (AvgIpc) is 3.56. The number of hydrogen-bond donors (Lipinski definition) is 6. The Balaban J connectivity index is 1.84. The zero-order valence-electron chi connectivity index (χ0n) is 30.7. The molecular weight excluding hydrogens is 695 g/mol. The zero-order chi connectivity index (χ0) is 37.8. The SMILES string of the molecule is CC(C)CS(=O)(=O)NC[C@@H](O)C[C@H](O)[C@H](CC1CCCCC1)NC(=O)[C@H](Cc1cnc[nH]1)NC(=O)C(Cc1ccccc1)CS(=O)(=O)C(C)(C)C. The number of hydrogen-bond acceptors (Lipinski definition) is 9. The molecule has 1 aliphatic rings. The molecule has 6 N–H and O–H groups in total. The van der Waals surface area contributed by atoms with Gasteiger partial charge in [-0.25, -0.2) is 26.5 Å². The summed E-state index contributed by atoms with van der Waals surface area (Å²) in [6, 6.07) is 7.14. The molecular formula is C36H59N5O8S2. The van der Waals surface area contributed by atoms with E-state index in [2.05, 4.69) is 25.3 Å². The lowest BCUT2D eigenvalue weighted by Gasteiger charge is -2.32. The third-order valence-corrected chi connectivity index (χ3v) is 13.8. The summed E-state index contributed by atoms with van der Waals surface area (Å²) in [7, 11) is -7.34. The van der Waals surface area contributed by atoms with Gasteiger partial charge < -0.3 is 25.8 Å². The topological polar surface area (TPSA) is 208 Å². The van der Waals surface area contributed by atoms with E-state index in [0.717, 1.165) is 37.7 Å². The van der Waals surface area contributed by atoms with Crippen molar-refractivity contribution in [2.24, 2.45) is 17.8 Å². The lowest BCUT2D eigenvalue weighted by molar-refractivity contribution is -0.131. The maximum atomic E-state index is 14.1. The van der Waals surface area contributed by atoms with Gasteiger partial charge in [0.15, 0.2) is 9.84 Å². The summed E-state index contributed by atoms with van der Waals surface area (Å²) in [5.74, 6) is -2.57. The summed E-state index contributed by atoms with van der Waals surface area (Å²) in [5, 5.41) is 27.9. The molecule has 1 aromatic heterocycles. The molecule has 0 saturated heterocycles. The molecule has 2 aromatic rings. The minimum absolute atomic E-state index is 0.0220. The third kappa shape index (κ3) is 14.6. The monoisotopic (exact) mass is 753 g/mol. The van der Waals surface area contributed by atoms with Crippen LogP contribution in [0.1, 0.15) is 90.8 Å². The zero-order valence-corrected chi connectivity index (χ0v) is 32.3. The molecule has 3 rings (SSSR count). The summed E-state index contributed by atoms with van der Waals surface area (Å²) in [6.07, 6.45) is 5.98. The van der Waals surface area contributed by atoms with Gasteiger partial charge in [0.1, 0.15) is 6.04 Å². The number of sulfone groups is 1. The Morgan fingerprint density at radius 2 is 1.61 bits per heavy atom. The Morgan fingerprint density at radius 3 is 2.20 bits per heavy atom. The number of rotatable bonds is 20. The van der Waals surface area contributed by atoms with Crippen LogP contribution in [0.2, 0.25) is 0 Å². The van der Waals surface area contributed by atoms with Crippen molar-refractivity contribution in [1.82, 2.24) is 25.3 Å². The van der Waals surface area contributed by atoms with Gasteiger partial charge in [0.2, 0.25) is 21.8 Å². The number of carbonyl (C=O) groups excluding carboxylic acids is 2. The standard InChI is InChI=1S/C36H59N5O8S2/c1-25(2)22-51(48,49)39-21-30(42)19-33(43)31(17-27-14-10-7-11-15-27)40-35(45)32(18-29-20-37-24-38-29)41-34(44)28(16-26-12-8-6-9-13-26)23-50(46,47)36(3,4)5/h6,8-9,12-13,20,24-25,27-28,30-33,39,42-43H,7,10-11,14-19,21-23H2,1-5H3,(H,37,38)(H,40,45)(H,41,44)/t28?,30-,31-,32-,33-/m0/s1. The van der Waals surface area contributed by atoms with E-state index >= 15 is 0 Å². The van der Waals surface area contributed by atoms with Crippen LogP contribution in [0.4, 0.5) is 0 Å². The summed E-state index contributed by atoms with van der Waals surface area (Å²) < 4.78 is 52.6. The van der Waals surface area contributed by atoms with Crippen LogP contribution in [0.25, 0.3) is 0 Å². The van der Waals surface area contributed by atoms with Crippen molar-refractivity contribution in [3.05, 3.63) is 54.1 Å².